The van der Waals surface area contributed by atoms with Crippen molar-refractivity contribution in [2.24, 2.45) is 0 Å². The van der Waals surface area contributed by atoms with Crippen LogP contribution in [-0.4, -0.2) is 31.2 Å². The summed E-state index contributed by atoms with van der Waals surface area (Å²) >= 11 is 0. The molecule has 0 fully saturated rings. The molecule has 0 atom stereocenters. The van der Waals surface area contributed by atoms with Crippen LogP contribution in [0.25, 0.3) is 5.57 Å². The Hall–Kier alpha value is -2.44. The number of fused-ring (bicyclic) bond motifs is 1. The van der Waals surface area contributed by atoms with Crippen molar-refractivity contribution >= 4 is 21.6 Å². The molecule has 3 rings (SSSR count). The average molecular weight is 456 g/mol. The second kappa shape index (κ2) is 8.49. The molecule has 0 radical (unpaired) electrons. The average Bonchev–Trinajstić information content (AvgIpc) is 2.70. The van der Waals surface area contributed by atoms with Gasteiger partial charge in [0.1, 0.15) is 0 Å². The minimum Gasteiger partial charge on any atom is -0.351 e. The molecular formula is C26H33NO4S. The van der Waals surface area contributed by atoms with Crippen LogP contribution in [0.3, 0.4) is 0 Å². The van der Waals surface area contributed by atoms with Crippen molar-refractivity contribution in [2.45, 2.75) is 58.3 Å². The summed E-state index contributed by atoms with van der Waals surface area (Å²) in [6.45, 7) is 15.6. The molecule has 0 saturated carbocycles. The zero-order valence-electron chi connectivity index (χ0n) is 19.6. The molecule has 0 bridgehead atoms. The fourth-order valence-corrected chi connectivity index (χ4v) is 4.78. The Balaban J connectivity index is 1.85. The Morgan fingerprint density at radius 1 is 1.00 bits per heavy atom. The highest BCUT2D eigenvalue weighted by Crippen LogP contribution is 2.47. The lowest BCUT2D eigenvalue weighted by atomic mass is 9.62. The molecule has 0 saturated heterocycles. The van der Waals surface area contributed by atoms with Crippen molar-refractivity contribution in [3.63, 3.8) is 0 Å². The van der Waals surface area contributed by atoms with Crippen molar-refractivity contribution < 1.29 is 17.8 Å². The van der Waals surface area contributed by atoms with Crippen LogP contribution < -0.4 is 5.32 Å². The lowest BCUT2D eigenvalue weighted by molar-refractivity contribution is 0.0956. The van der Waals surface area contributed by atoms with Gasteiger partial charge in [-0.25, -0.2) is 0 Å². The number of hydrogen-bond acceptors (Lipinski definition) is 3. The van der Waals surface area contributed by atoms with E-state index in [1.54, 1.807) is 12.1 Å². The van der Waals surface area contributed by atoms with Gasteiger partial charge in [0, 0.05) is 12.1 Å². The lowest BCUT2D eigenvalue weighted by Gasteiger charge is -2.42. The van der Waals surface area contributed by atoms with Gasteiger partial charge in [-0.1, -0.05) is 58.5 Å². The monoisotopic (exact) mass is 455 g/mol. The zero-order valence-corrected chi connectivity index (χ0v) is 20.4. The summed E-state index contributed by atoms with van der Waals surface area (Å²) in [7, 11) is -4.10. The van der Waals surface area contributed by atoms with Gasteiger partial charge >= 0.3 is 0 Å². The summed E-state index contributed by atoms with van der Waals surface area (Å²) in [5.41, 5.74) is 7.61. The highest BCUT2D eigenvalue weighted by Gasteiger charge is 2.37. The number of hydrogen-bond donors (Lipinski definition) is 2. The van der Waals surface area contributed by atoms with Crippen LogP contribution in [0.2, 0.25) is 0 Å². The smallest absolute Gasteiger partial charge is 0.266 e. The highest BCUT2D eigenvalue weighted by atomic mass is 32.2. The van der Waals surface area contributed by atoms with Crippen LogP contribution in [0.1, 0.15) is 78.7 Å². The summed E-state index contributed by atoms with van der Waals surface area (Å²) in [6, 6.07) is 11.7. The molecule has 0 aliphatic heterocycles. The number of carbonyl (C=O) groups excluding carboxylic acids is 1. The minimum absolute atomic E-state index is 0.109. The van der Waals surface area contributed by atoms with Gasteiger partial charge in [-0.05, 0) is 76.1 Å². The first-order valence-corrected chi connectivity index (χ1v) is 12.5. The van der Waals surface area contributed by atoms with Crippen molar-refractivity contribution in [1.29, 1.82) is 0 Å². The number of amides is 1. The van der Waals surface area contributed by atoms with Gasteiger partial charge in [0.05, 0.1) is 5.75 Å². The Bertz CT molecular complexity index is 1160. The van der Waals surface area contributed by atoms with Gasteiger partial charge in [0.2, 0.25) is 0 Å². The first-order valence-electron chi connectivity index (χ1n) is 10.9. The summed E-state index contributed by atoms with van der Waals surface area (Å²) in [4.78, 5) is 12.2. The topological polar surface area (TPSA) is 83.5 Å². The van der Waals surface area contributed by atoms with Gasteiger partial charge in [0.25, 0.3) is 16.0 Å². The first-order chi connectivity index (χ1) is 14.7. The second-order valence-corrected chi connectivity index (χ2v) is 11.7. The van der Waals surface area contributed by atoms with Crippen molar-refractivity contribution in [2.75, 3.05) is 12.3 Å². The van der Waals surface area contributed by atoms with Crippen molar-refractivity contribution in [3.05, 3.63) is 76.4 Å². The number of rotatable bonds is 6. The maximum atomic E-state index is 12.2. The molecule has 32 heavy (non-hydrogen) atoms. The van der Waals surface area contributed by atoms with E-state index in [0.717, 1.165) is 23.1 Å². The van der Waals surface area contributed by atoms with Crippen LogP contribution in [0, 0.1) is 6.92 Å². The third kappa shape index (κ3) is 5.13. The Morgan fingerprint density at radius 3 is 2.03 bits per heavy atom. The molecule has 5 nitrogen and oxygen atoms in total. The summed E-state index contributed by atoms with van der Waals surface area (Å²) in [5, 5.41) is 2.50. The van der Waals surface area contributed by atoms with Crippen LogP contribution in [-0.2, 0) is 20.9 Å². The van der Waals surface area contributed by atoms with Crippen molar-refractivity contribution in [3.8, 4) is 0 Å². The molecule has 2 N–H and O–H groups in total. The van der Waals surface area contributed by atoms with E-state index in [1.807, 2.05) is 12.1 Å². The van der Waals surface area contributed by atoms with Gasteiger partial charge in [-0.3, -0.25) is 9.35 Å². The molecule has 6 heteroatoms. The summed E-state index contributed by atoms with van der Waals surface area (Å²) in [5.74, 6) is -0.905. The molecule has 1 aliphatic rings. The fraction of sp³-hybridized carbons (Fsp3) is 0.423. The predicted octanol–water partition coefficient (Wildman–Crippen LogP) is 5.02. The molecule has 0 heterocycles. The van der Waals surface area contributed by atoms with E-state index in [1.165, 1.54) is 23.1 Å². The van der Waals surface area contributed by atoms with Crippen LogP contribution >= 0.6 is 0 Å². The molecule has 1 aliphatic carbocycles. The van der Waals surface area contributed by atoms with Gasteiger partial charge in [-0.15, -0.1) is 0 Å². The predicted molar refractivity (Wildman–Crippen MR) is 130 cm³/mol. The lowest BCUT2D eigenvalue weighted by Crippen LogP contribution is -2.34. The number of aryl methyl sites for hydroxylation is 1. The van der Waals surface area contributed by atoms with E-state index >= 15 is 0 Å². The van der Waals surface area contributed by atoms with Gasteiger partial charge in [-0.2, -0.15) is 8.42 Å². The SMILES string of the molecule is C=C(c1ccc(C(=O)NCCS(=O)(=O)O)cc1)c1cc2c(cc1C)C(C)(C)CCC2(C)C. The normalized spacial score (nSPS) is 16.8. The summed E-state index contributed by atoms with van der Waals surface area (Å²) in [6.07, 6.45) is 2.31. The molecule has 2 aromatic rings. The van der Waals surface area contributed by atoms with Crippen molar-refractivity contribution in [1.82, 2.24) is 5.32 Å². The van der Waals surface area contributed by atoms with E-state index in [0.29, 0.717) is 5.56 Å². The number of nitrogens with one attached hydrogen (secondary N) is 1. The van der Waals surface area contributed by atoms with E-state index in [9.17, 15) is 13.2 Å². The third-order valence-electron chi connectivity index (χ3n) is 6.66. The molecule has 172 valence electrons. The van der Waals surface area contributed by atoms with Gasteiger partial charge < -0.3 is 5.32 Å². The second-order valence-electron chi connectivity index (χ2n) is 10.1. The molecule has 0 aromatic heterocycles. The number of benzene rings is 2. The molecule has 2 aromatic carbocycles. The summed E-state index contributed by atoms with van der Waals surface area (Å²) < 4.78 is 30.4. The molecule has 0 unspecified atom stereocenters. The van der Waals surface area contributed by atoms with E-state index in [-0.39, 0.29) is 23.3 Å². The Labute approximate surface area is 191 Å². The van der Waals surface area contributed by atoms with E-state index in [4.69, 9.17) is 4.55 Å². The maximum Gasteiger partial charge on any atom is 0.266 e. The Morgan fingerprint density at radius 2 is 1.50 bits per heavy atom. The zero-order chi connectivity index (χ0) is 23.9. The number of carbonyl (C=O) groups is 1. The van der Waals surface area contributed by atoms with Gasteiger partial charge in [0.15, 0.2) is 0 Å². The molecule has 0 spiro atoms. The van der Waals surface area contributed by atoms with Crippen LogP contribution in [0.15, 0.2) is 43.0 Å². The van der Waals surface area contributed by atoms with E-state index < -0.39 is 15.9 Å². The Kier molecular flexibility index (Phi) is 6.42. The van der Waals surface area contributed by atoms with E-state index in [2.05, 4.69) is 58.6 Å². The maximum absolute atomic E-state index is 12.2. The quantitative estimate of drug-likeness (QED) is 0.599. The highest BCUT2D eigenvalue weighted by molar-refractivity contribution is 7.85. The molecule has 1 amide bonds. The van der Waals surface area contributed by atoms with Crippen LogP contribution in [0.4, 0.5) is 0 Å². The third-order valence-corrected chi connectivity index (χ3v) is 7.38. The fourth-order valence-electron chi connectivity index (χ4n) is 4.42. The largest absolute Gasteiger partial charge is 0.351 e. The van der Waals surface area contributed by atoms with Crippen LogP contribution in [0.5, 0.6) is 0 Å². The first kappa shape index (κ1) is 24.2. The standard InChI is InChI=1S/C26H33NO4S/c1-17-15-22-23(26(5,6)12-11-25(22,3)4)16-21(17)18(2)19-7-9-20(10-8-19)24(28)27-13-14-32(29,30)31/h7-10,15-16H,2,11-14H2,1,3-6H3,(H,27,28)(H,29,30,31). The molecular weight excluding hydrogens is 422 g/mol. The minimum atomic E-state index is -4.10.